The molecule has 19 heavy (non-hydrogen) atoms. The molecule has 0 aliphatic carbocycles. The van der Waals surface area contributed by atoms with Crippen molar-refractivity contribution in [1.29, 1.82) is 0 Å². The van der Waals surface area contributed by atoms with Crippen molar-refractivity contribution in [2.45, 2.75) is 12.5 Å². The Hall–Kier alpha value is -1.85. The number of rotatable bonds is 4. The Balaban J connectivity index is 1.92. The number of nitrogens with zero attached hydrogens (tertiary/aromatic N) is 3. The summed E-state index contributed by atoms with van der Waals surface area (Å²) < 4.78 is 0. The molecule has 1 atom stereocenters. The maximum Gasteiger partial charge on any atom is 0.0890 e. The van der Waals surface area contributed by atoms with Crippen LogP contribution in [0.25, 0.3) is 11.0 Å². The summed E-state index contributed by atoms with van der Waals surface area (Å²) >= 11 is 1.67. The molecule has 0 aliphatic rings. The largest absolute Gasteiger partial charge is 0.311 e. The summed E-state index contributed by atoms with van der Waals surface area (Å²) in [7, 11) is 1.95. The van der Waals surface area contributed by atoms with Crippen molar-refractivity contribution in [1.82, 2.24) is 20.3 Å². The normalized spacial score (nSPS) is 12.7. The summed E-state index contributed by atoms with van der Waals surface area (Å²) in [4.78, 5) is 14.5. The second-order valence-electron chi connectivity index (χ2n) is 4.30. The number of hydrogen-bond acceptors (Lipinski definition) is 5. The van der Waals surface area contributed by atoms with Gasteiger partial charge in [0.05, 0.1) is 34.5 Å². The highest BCUT2D eigenvalue weighted by atomic mass is 32.1. The lowest BCUT2D eigenvalue weighted by Gasteiger charge is -2.14. The van der Waals surface area contributed by atoms with Crippen molar-refractivity contribution in [3.8, 4) is 0 Å². The van der Waals surface area contributed by atoms with E-state index in [4.69, 9.17) is 0 Å². The molecule has 0 bridgehead atoms. The van der Waals surface area contributed by atoms with E-state index in [1.54, 1.807) is 11.3 Å². The molecule has 1 aromatic carbocycles. The van der Waals surface area contributed by atoms with E-state index in [2.05, 4.69) is 20.3 Å². The summed E-state index contributed by atoms with van der Waals surface area (Å²) in [6.45, 7) is 0. The lowest BCUT2D eigenvalue weighted by atomic mass is 10.1. The summed E-state index contributed by atoms with van der Waals surface area (Å²) in [6, 6.07) is 8.09. The van der Waals surface area contributed by atoms with E-state index in [9.17, 15) is 0 Å². The molecule has 1 unspecified atom stereocenters. The molecule has 0 radical (unpaired) electrons. The fourth-order valence-electron chi connectivity index (χ4n) is 2.04. The number of fused-ring (bicyclic) bond motifs is 1. The highest BCUT2D eigenvalue weighted by molar-refractivity contribution is 7.09. The van der Waals surface area contributed by atoms with Gasteiger partial charge in [0.15, 0.2) is 0 Å². The van der Waals surface area contributed by atoms with Gasteiger partial charge in [-0.15, -0.1) is 11.3 Å². The first-order valence-electron chi connectivity index (χ1n) is 6.13. The van der Waals surface area contributed by atoms with Crippen LogP contribution in [0.3, 0.4) is 0 Å². The Morgan fingerprint density at radius 3 is 2.79 bits per heavy atom. The fraction of sp³-hybridized carbons (Fsp3) is 0.214. The Bertz CT molecular complexity index is 666. The standard InChI is InChI=1S/C14H14N4S/c1-15-13(6-10-7-16-9-19-10)14-8-17-11-4-2-3-5-12(11)18-14/h2-5,7-9,13,15H,6H2,1H3. The maximum atomic E-state index is 4.69. The Labute approximate surface area is 115 Å². The number of aromatic nitrogens is 3. The second-order valence-corrected chi connectivity index (χ2v) is 5.27. The topological polar surface area (TPSA) is 50.7 Å². The van der Waals surface area contributed by atoms with Gasteiger partial charge in [0.25, 0.3) is 0 Å². The van der Waals surface area contributed by atoms with Gasteiger partial charge in [-0.1, -0.05) is 12.1 Å². The second kappa shape index (κ2) is 5.42. The molecule has 4 nitrogen and oxygen atoms in total. The predicted octanol–water partition coefficient (Wildman–Crippen LogP) is 2.59. The molecular weight excluding hydrogens is 256 g/mol. The van der Waals surface area contributed by atoms with Gasteiger partial charge >= 0.3 is 0 Å². The van der Waals surface area contributed by atoms with Gasteiger partial charge in [-0.25, -0.2) is 4.98 Å². The van der Waals surface area contributed by atoms with Crippen molar-refractivity contribution in [3.05, 3.63) is 52.7 Å². The summed E-state index contributed by atoms with van der Waals surface area (Å²) in [6.07, 6.45) is 4.64. The van der Waals surface area contributed by atoms with Gasteiger partial charge in [-0.3, -0.25) is 9.97 Å². The molecule has 0 fully saturated rings. The van der Waals surface area contributed by atoms with Gasteiger partial charge in [0, 0.05) is 17.5 Å². The van der Waals surface area contributed by atoms with E-state index in [1.165, 1.54) is 4.88 Å². The van der Waals surface area contributed by atoms with Gasteiger partial charge in [0.2, 0.25) is 0 Å². The van der Waals surface area contributed by atoms with Gasteiger partial charge < -0.3 is 5.32 Å². The minimum absolute atomic E-state index is 0.164. The van der Waals surface area contributed by atoms with E-state index in [0.717, 1.165) is 23.1 Å². The average molecular weight is 270 g/mol. The molecule has 2 heterocycles. The van der Waals surface area contributed by atoms with E-state index in [1.807, 2.05) is 49.2 Å². The van der Waals surface area contributed by atoms with Crippen LogP contribution in [0, 0.1) is 0 Å². The molecule has 0 saturated heterocycles. The Morgan fingerprint density at radius 1 is 1.21 bits per heavy atom. The maximum absolute atomic E-state index is 4.69. The number of benzene rings is 1. The molecule has 1 N–H and O–H groups in total. The molecule has 3 aromatic rings. The summed E-state index contributed by atoms with van der Waals surface area (Å²) in [5.41, 5.74) is 4.69. The monoisotopic (exact) mass is 270 g/mol. The molecular formula is C14H14N4S. The lowest BCUT2D eigenvalue weighted by molar-refractivity contribution is 0.579. The predicted molar refractivity (Wildman–Crippen MR) is 77.2 cm³/mol. The average Bonchev–Trinajstić information content (AvgIpc) is 2.97. The number of thiazole rings is 1. The quantitative estimate of drug-likeness (QED) is 0.791. The smallest absolute Gasteiger partial charge is 0.0890 e. The zero-order chi connectivity index (χ0) is 13.1. The first kappa shape index (κ1) is 12.2. The third-order valence-electron chi connectivity index (χ3n) is 3.06. The van der Waals surface area contributed by atoms with Crippen molar-refractivity contribution in [2.24, 2.45) is 0 Å². The molecule has 96 valence electrons. The van der Waals surface area contributed by atoms with Crippen LogP contribution in [0.5, 0.6) is 0 Å². The molecule has 2 aromatic heterocycles. The van der Waals surface area contributed by atoms with Crippen LogP contribution in [-0.4, -0.2) is 22.0 Å². The van der Waals surface area contributed by atoms with Crippen molar-refractivity contribution in [2.75, 3.05) is 7.05 Å². The first-order chi connectivity index (χ1) is 9.36. The van der Waals surface area contributed by atoms with Gasteiger partial charge in [-0.05, 0) is 19.2 Å². The number of hydrogen-bond donors (Lipinski definition) is 1. The summed E-state index contributed by atoms with van der Waals surface area (Å²) in [5, 5.41) is 3.30. The first-order valence-corrected chi connectivity index (χ1v) is 7.01. The van der Waals surface area contributed by atoms with Gasteiger partial charge in [-0.2, -0.15) is 0 Å². The molecule has 0 spiro atoms. The third kappa shape index (κ3) is 2.62. The van der Waals surface area contributed by atoms with Crippen molar-refractivity contribution < 1.29 is 0 Å². The molecule has 5 heteroatoms. The van der Waals surface area contributed by atoms with Crippen LogP contribution in [-0.2, 0) is 6.42 Å². The number of para-hydroxylation sites is 2. The van der Waals surface area contributed by atoms with Crippen molar-refractivity contribution in [3.63, 3.8) is 0 Å². The van der Waals surface area contributed by atoms with E-state index in [-0.39, 0.29) is 6.04 Å². The van der Waals surface area contributed by atoms with Crippen LogP contribution >= 0.6 is 11.3 Å². The Morgan fingerprint density at radius 2 is 2.05 bits per heavy atom. The molecule has 3 rings (SSSR count). The third-order valence-corrected chi connectivity index (χ3v) is 3.86. The minimum Gasteiger partial charge on any atom is -0.311 e. The SMILES string of the molecule is CNC(Cc1cncs1)c1cnc2ccccc2n1. The van der Waals surface area contributed by atoms with Crippen LogP contribution in [0.15, 0.2) is 42.2 Å². The van der Waals surface area contributed by atoms with E-state index >= 15 is 0 Å². The van der Waals surface area contributed by atoms with Crippen LogP contribution < -0.4 is 5.32 Å². The molecule has 0 saturated carbocycles. The van der Waals surface area contributed by atoms with Crippen LogP contribution in [0.1, 0.15) is 16.6 Å². The highest BCUT2D eigenvalue weighted by Crippen LogP contribution is 2.20. The fourth-order valence-corrected chi connectivity index (χ4v) is 2.68. The molecule has 0 aliphatic heterocycles. The number of nitrogens with one attached hydrogen (secondary N) is 1. The zero-order valence-electron chi connectivity index (χ0n) is 10.6. The van der Waals surface area contributed by atoms with E-state index < -0.39 is 0 Å². The molecule has 0 amide bonds. The Kier molecular flexibility index (Phi) is 3.48. The van der Waals surface area contributed by atoms with Crippen LogP contribution in [0.2, 0.25) is 0 Å². The summed E-state index contributed by atoms with van der Waals surface area (Å²) in [5.74, 6) is 0. The van der Waals surface area contributed by atoms with Gasteiger partial charge in [0.1, 0.15) is 0 Å². The van der Waals surface area contributed by atoms with Crippen LogP contribution in [0.4, 0.5) is 0 Å². The lowest BCUT2D eigenvalue weighted by Crippen LogP contribution is -2.20. The zero-order valence-corrected chi connectivity index (χ0v) is 11.4. The number of likely N-dealkylation sites (N-methyl/N-ethyl adjacent to an activating group) is 1. The van der Waals surface area contributed by atoms with Crippen molar-refractivity contribution >= 4 is 22.4 Å². The minimum atomic E-state index is 0.164. The highest BCUT2D eigenvalue weighted by Gasteiger charge is 2.13. The van der Waals surface area contributed by atoms with E-state index in [0.29, 0.717) is 0 Å².